The SMILES string of the molecule is O=C(CCN1C(=O)C(=CC=Cc2ccccc2)SC1=S)Nc1ccc2c(c1)OCO2. The summed E-state index contributed by atoms with van der Waals surface area (Å²) in [6.07, 6.45) is 5.63. The molecule has 8 heteroatoms. The Morgan fingerprint density at radius 3 is 2.80 bits per heavy atom. The minimum absolute atomic E-state index is 0.133. The fraction of sp³-hybridized carbons (Fsp3) is 0.136. The number of amides is 2. The van der Waals surface area contributed by atoms with Gasteiger partial charge in [0.05, 0.1) is 4.91 Å². The minimum atomic E-state index is -0.212. The monoisotopic (exact) mass is 438 g/mol. The van der Waals surface area contributed by atoms with Crippen molar-refractivity contribution in [1.82, 2.24) is 4.90 Å². The van der Waals surface area contributed by atoms with Gasteiger partial charge in [0, 0.05) is 24.7 Å². The fourth-order valence-corrected chi connectivity index (χ4v) is 4.19. The van der Waals surface area contributed by atoms with Crippen molar-refractivity contribution in [3.63, 3.8) is 0 Å². The van der Waals surface area contributed by atoms with Gasteiger partial charge in [0.1, 0.15) is 4.32 Å². The molecule has 0 spiro atoms. The average Bonchev–Trinajstić information content (AvgIpc) is 3.31. The number of benzene rings is 2. The summed E-state index contributed by atoms with van der Waals surface area (Å²) >= 11 is 6.56. The summed E-state index contributed by atoms with van der Waals surface area (Å²) in [4.78, 5) is 26.9. The maximum Gasteiger partial charge on any atom is 0.266 e. The molecule has 0 aromatic heterocycles. The van der Waals surface area contributed by atoms with Crippen LogP contribution in [0, 0.1) is 0 Å². The molecule has 0 saturated carbocycles. The molecule has 2 aliphatic rings. The summed E-state index contributed by atoms with van der Waals surface area (Å²) in [7, 11) is 0. The predicted octanol–water partition coefficient (Wildman–Crippen LogP) is 4.20. The molecule has 4 rings (SSSR count). The van der Waals surface area contributed by atoms with E-state index in [9.17, 15) is 9.59 Å². The van der Waals surface area contributed by atoms with Crippen LogP contribution in [-0.2, 0) is 9.59 Å². The Morgan fingerprint density at radius 2 is 1.97 bits per heavy atom. The number of hydrogen-bond donors (Lipinski definition) is 1. The van der Waals surface area contributed by atoms with Crippen LogP contribution < -0.4 is 14.8 Å². The van der Waals surface area contributed by atoms with E-state index in [1.54, 1.807) is 24.3 Å². The van der Waals surface area contributed by atoms with Crippen molar-refractivity contribution in [3.05, 3.63) is 71.2 Å². The van der Waals surface area contributed by atoms with Crippen molar-refractivity contribution in [2.45, 2.75) is 6.42 Å². The zero-order valence-corrected chi connectivity index (χ0v) is 17.5. The number of thioether (sulfide) groups is 1. The molecule has 0 atom stereocenters. The van der Waals surface area contributed by atoms with Gasteiger partial charge in [-0.05, 0) is 23.8 Å². The lowest BCUT2D eigenvalue weighted by molar-refractivity contribution is -0.122. The second-order valence-electron chi connectivity index (χ2n) is 6.49. The minimum Gasteiger partial charge on any atom is -0.454 e. The Balaban J connectivity index is 1.31. The normalized spacial score (nSPS) is 16.7. The summed E-state index contributed by atoms with van der Waals surface area (Å²) in [6, 6.07) is 15.0. The zero-order valence-electron chi connectivity index (χ0n) is 15.9. The van der Waals surface area contributed by atoms with Crippen LogP contribution in [0.15, 0.2) is 65.6 Å². The van der Waals surface area contributed by atoms with Crippen LogP contribution in [0.25, 0.3) is 6.08 Å². The van der Waals surface area contributed by atoms with Crippen LogP contribution in [0.4, 0.5) is 5.69 Å². The Kier molecular flexibility index (Phi) is 6.15. The number of fused-ring (bicyclic) bond motifs is 1. The lowest BCUT2D eigenvalue weighted by Crippen LogP contribution is -2.31. The van der Waals surface area contributed by atoms with Crippen molar-refractivity contribution >= 4 is 51.9 Å². The van der Waals surface area contributed by atoms with E-state index >= 15 is 0 Å². The van der Waals surface area contributed by atoms with Crippen molar-refractivity contribution in [2.75, 3.05) is 18.7 Å². The summed E-state index contributed by atoms with van der Waals surface area (Å²) in [5.41, 5.74) is 1.66. The molecule has 0 radical (unpaired) electrons. The highest BCUT2D eigenvalue weighted by molar-refractivity contribution is 8.26. The predicted molar refractivity (Wildman–Crippen MR) is 121 cm³/mol. The number of carbonyl (C=O) groups excluding carboxylic acids is 2. The van der Waals surface area contributed by atoms with E-state index in [1.807, 2.05) is 42.5 Å². The van der Waals surface area contributed by atoms with Crippen LogP contribution >= 0.6 is 24.0 Å². The Bertz CT molecular complexity index is 1050. The Morgan fingerprint density at radius 1 is 1.17 bits per heavy atom. The fourth-order valence-electron chi connectivity index (χ4n) is 2.93. The number of anilines is 1. The molecule has 0 bridgehead atoms. The molecule has 2 amide bonds. The molecule has 0 aliphatic carbocycles. The van der Waals surface area contributed by atoms with Gasteiger partial charge in [0.25, 0.3) is 5.91 Å². The van der Waals surface area contributed by atoms with Gasteiger partial charge in [-0.2, -0.15) is 0 Å². The van der Waals surface area contributed by atoms with Gasteiger partial charge < -0.3 is 14.8 Å². The van der Waals surface area contributed by atoms with Crippen LogP contribution in [0.2, 0.25) is 0 Å². The molecular formula is C22H18N2O4S2. The van der Waals surface area contributed by atoms with Gasteiger partial charge in [-0.1, -0.05) is 66.5 Å². The summed E-state index contributed by atoms with van der Waals surface area (Å²) in [5, 5.41) is 2.80. The Hall–Kier alpha value is -3.10. The van der Waals surface area contributed by atoms with Crippen LogP contribution in [0.5, 0.6) is 11.5 Å². The van der Waals surface area contributed by atoms with Crippen molar-refractivity contribution in [2.24, 2.45) is 0 Å². The van der Waals surface area contributed by atoms with E-state index in [0.717, 1.165) is 5.56 Å². The highest BCUT2D eigenvalue weighted by Gasteiger charge is 2.31. The number of thiocarbonyl (C=S) groups is 1. The van der Waals surface area contributed by atoms with E-state index in [1.165, 1.54) is 16.7 Å². The first-order valence-corrected chi connectivity index (χ1v) is 10.5. The third kappa shape index (κ3) is 4.72. The third-order valence-corrected chi connectivity index (χ3v) is 5.82. The number of carbonyl (C=O) groups is 2. The van der Waals surface area contributed by atoms with Crippen LogP contribution in [-0.4, -0.2) is 34.4 Å². The van der Waals surface area contributed by atoms with Crippen LogP contribution in [0.3, 0.4) is 0 Å². The highest BCUT2D eigenvalue weighted by Crippen LogP contribution is 2.34. The quantitative estimate of drug-likeness (QED) is 0.539. The van der Waals surface area contributed by atoms with Gasteiger partial charge in [-0.15, -0.1) is 0 Å². The Labute approximate surface area is 183 Å². The van der Waals surface area contributed by atoms with Crippen molar-refractivity contribution in [3.8, 4) is 11.5 Å². The first-order valence-electron chi connectivity index (χ1n) is 9.27. The number of rotatable bonds is 6. The lowest BCUT2D eigenvalue weighted by Gasteiger charge is -2.14. The first kappa shape index (κ1) is 20.2. The van der Waals surface area contributed by atoms with Crippen LogP contribution in [0.1, 0.15) is 12.0 Å². The molecule has 2 aromatic carbocycles. The maximum absolute atomic E-state index is 12.6. The standard InChI is InChI=1S/C22H18N2O4S2/c25-20(23-16-9-10-17-18(13-16)28-14-27-17)11-12-24-21(26)19(30-22(24)29)8-4-7-15-5-2-1-3-6-15/h1-10,13H,11-12,14H2,(H,23,25). The molecule has 1 N–H and O–H groups in total. The molecule has 2 heterocycles. The average molecular weight is 439 g/mol. The van der Waals surface area contributed by atoms with E-state index < -0.39 is 0 Å². The second kappa shape index (κ2) is 9.15. The molecule has 6 nitrogen and oxygen atoms in total. The first-order chi connectivity index (χ1) is 14.6. The van der Waals surface area contributed by atoms with E-state index in [-0.39, 0.29) is 31.6 Å². The van der Waals surface area contributed by atoms with Gasteiger partial charge >= 0.3 is 0 Å². The van der Waals surface area contributed by atoms with Gasteiger partial charge in [-0.25, -0.2) is 0 Å². The van der Waals surface area contributed by atoms with Gasteiger partial charge in [0.2, 0.25) is 12.7 Å². The third-order valence-electron chi connectivity index (χ3n) is 4.43. The molecule has 2 aromatic rings. The maximum atomic E-state index is 12.6. The number of allylic oxidation sites excluding steroid dienone is 2. The largest absolute Gasteiger partial charge is 0.454 e. The second-order valence-corrected chi connectivity index (χ2v) is 8.17. The lowest BCUT2D eigenvalue weighted by atomic mass is 10.2. The van der Waals surface area contributed by atoms with Gasteiger partial charge in [0.15, 0.2) is 11.5 Å². The molecule has 0 unspecified atom stereocenters. The molecule has 30 heavy (non-hydrogen) atoms. The summed E-state index contributed by atoms with van der Waals surface area (Å²) in [5.74, 6) is 0.853. The van der Waals surface area contributed by atoms with E-state index in [0.29, 0.717) is 26.4 Å². The smallest absolute Gasteiger partial charge is 0.266 e. The number of nitrogens with one attached hydrogen (secondary N) is 1. The molecular weight excluding hydrogens is 420 g/mol. The topological polar surface area (TPSA) is 67.9 Å². The van der Waals surface area contributed by atoms with Crippen molar-refractivity contribution < 1.29 is 19.1 Å². The molecule has 1 saturated heterocycles. The van der Waals surface area contributed by atoms with Gasteiger partial charge in [-0.3, -0.25) is 14.5 Å². The summed E-state index contributed by atoms with van der Waals surface area (Å²) < 4.78 is 11.0. The highest BCUT2D eigenvalue weighted by atomic mass is 32.2. The molecule has 1 fully saturated rings. The van der Waals surface area contributed by atoms with E-state index in [4.69, 9.17) is 21.7 Å². The number of nitrogens with zero attached hydrogens (tertiary/aromatic N) is 1. The zero-order chi connectivity index (χ0) is 20.9. The van der Waals surface area contributed by atoms with E-state index in [2.05, 4.69) is 5.32 Å². The number of ether oxygens (including phenoxy) is 2. The molecule has 152 valence electrons. The van der Waals surface area contributed by atoms with Crippen molar-refractivity contribution in [1.29, 1.82) is 0 Å². The molecule has 2 aliphatic heterocycles. The number of hydrogen-bond acceptors (Lipinski definition) is 6. The summed E-state index contributed by atoms with van der Waals surface area (Å²) in [6.45, 7) is 0.399.